The molecule has 1 N–H and O–H groups in total. The Morgan fingerprint density at radius 3 is 2.25 bits per heavy atom. The Balaban J connectivity index is 2.04. The third-order valence-corrected chi connectivity index (χ3v) is 7.63. The van der Waals surface area contributed by atoms with Gasteiger partial charge < -0.3 is 10.2 Å². The van der Waals surface area contributed by atoms with Crippen LogP contribution >= 0.6 is 11.6 Å². The summed E-state index contributed by atoms with van der Waals surface area (Å²) in [4.78, 5) is 27.7. The van der Waals surface area contributed by atoms with Gasteiger partial charge in [0, 0.05) is 18.6 Å². The smallest absolute Gasteiger partial charge is 0.264 e. The molecular formula is C26H27ClFN3O4S. The molecule has 190 valence electrons. The van der Waals surface area contributed by atoms with Gasteiger partial charge in [0.15, 0.2) is 0 Å². The van der Waals surface area contributed by atoms with Crippen molar-refractivity contribution in [1.29, 1.82) is 0 Å². The molecule has 0 heterocycles. The lowest BCUT2D eigenvalue weighted by Crippen LogP contribution is -2.51. The number of benzene rings is 3. The zero-order valence-corrected chi connectivity index (χ0v) is 21.5. The second-order valence-electron chi connectivity index (χ2n) is 7.99. The molecule has 1 unspecified atom stereocenters. The molecule has 36 heavy (non-hydrogen) atoms. The second kappa shape index (κ2) is 12.0. The lowest BCUT2D eigenvalue weighted by Gasteiger charge is -2.33. The van der Waals surface area contributed by atoms with Crippen LogP contribution in [-0.4, -0.2) is 44.8 Å². The standard InChI is InChI=1S/C26H27ClFN3O4S/c1-3-24(26(33)29-2)30(17-19-12-14-21(28)15-13-19)25(32)18-31(22-9-7-8-20(27)16-22)36(34,35)23-10-5-4-6-11-23/h4-16,24H,3,17-18H2,1-2H3,(H,29,33). The number of hydrogen-bond acceptors (Lipinski definition) is 4. The monoisotopic (exact) mass is 531 g/mol. The first kappa shape index (κ1) is 27.2. The van der Waals surface area contributed by atoms with E-state index in [1.165, 1.54) is 54.4 Å². The maximum atomic E-state index is 13.7. The predicted octanol–water partition coefficient (Wildman–Crippen LogP) is 4.23. The average Bonchev–Trinajstić information content (AvgIpc) is 2.88. The minimum absolute atomic E-state index is 0.00111. The molecule has 0 radical (unpaired) electrons. The fraction of sp³-hybridized carbons (Fsp3) is 0.231. The van der Waals surface area contributed by atoms with Crippen LogP contribution in [-0.2, 0) is 26.2 Å². The van der Waals surface area contributed by atoms with Gasteiger partial charge in [-0.15, -0.1) is 0 Å². The van der Waals surface area contributed by atoms with Crippen molar-refractivity contribution in [2.45, 2.75) is 30.8 Å². The number of rotatable bonds is 10. The molecule has 0 saturated carbocycles. The summed E-state index contributed by atoms with van der Waals surface area (Å²) in [5.41, 5.74) is 0.793. The van der Waals surface area contributed by atoms with Gasteiger partial charge in [-0.2, -0.15) is 0 Å². The third kappa shape index (κ3) is 6.41. The van der Waals surface area contributed by atoms with E-state index in [1.807, 2.05) is 0 Å². The Morgan fingerprint density at radius 2 is 1.67 bits per heavy atom. The Morgan fingerprint density at radius 1 is 1.00 bits per heavy atom. The van der Waals surface area contributed by atoms with Gasteiger partial charge in [0.2, 0.25) is 11.8 Å². The molecule has 3 aromatic carbocycles. The van der Waals surface area contributed by atoms with Crippen LogP contribution in [0.15, 0.2) is 83.8 Å². The van der Waals surface area contributed by atoms with Crippen molar-refractivity contribution in [3.63, 3.8) is 0 Å². The molecule has 7 nitrogen and oxygen atoms in total. The zero-order chi connectivity index (χ0) is 26.3. The number of halogens is 2. The SMILES string of the molecule is CCC(C(=O)NC)N(Cc1ccc(F)cc1)C(=O)CN(c1cccc(Cl)c1)S(=O)(=O)c1ccccc1. The van der Waals surface area contributed by atoms with E-state index >= 15 is 0 Å². The van der Waals surface area contributed by atoms with E-state index in [0.29, 0.717) is 10.6 Å². The number of sulfonamides is 1. The average molecular weight is 532 g/mol. The molecule has 0 spiro atoms. The highest BCUT2D eigenvalue weighted by molar-refractivity contribution is 7.92. The van der Waals surface area contributed by atoms with Crippen LogP contribution in [0.2, 0.25) is 5.02 Å². The minimum atomic E-state index is -4.16. The Kier molecular flexibility index (Phi) is 9.06. The summed E-state index contributed by atoms with van der Waals surface area (Å²) in [5, 5.41) is 2.85. The largest absolute Gasteiger partial charge is 0.357 e. The van der Waals surface area contributed by atoms with Crippen LogP contribution in [0.1, 0.15) is 18.9 Å². The van der Waals surface area contributed by atoms with Gasteiger partial charge in [-0.05, 0) is 54.4 Å². The molecule has 0 aliphatic heterocycles. The first-order chi connectivity index (χ1) is 17.2. The van der Waals surface area contributed by atoms with Crippen molar-refractivity contribution in [2.24, 2.45) is 0 Å². The molecule has 10 heteroatoms. The highest BCUT2D eigenvalue weighted by atomic mass is 35.5. The summed E-state index contributed by atoms with van der Waals surface area (Å²) >= 11 is 6.14. The van der Waals surface area contributed by atoms with Crippen LogP contribution in [0.4, 0.5) is 10.1 Å². The molecule has 2 amide bonds. The normalized spacial score (nSPS) is 12.0. The number of amides is 2. The Bertz CT molecular complexity index is 1300. The van der Waals surface area contributed by atoms with Crippen LogP contribution in [0.3, 0.4) is 0 Å². The van der Waals surface area contributed by atoms with Crippen molar-refractivity contribution in [2.75, 3.05) is 17.9 Å². The summed E-state index contributed by atoms with van der Waals surface area (Å²) in [6.45, 7) is 1.16. The first-order valence-electron chi connectivity index (χ1n) is 11.3. The molecule has 0 saturated heterocycles. The zero-order valence-electron chi connectivity index (χ0n) is 19.9. The molecule has 0 fully saturated rings. The van der Waals surface area contributed by atoms with Crippen LogP contribution in [0.25, 0.3) is 0 Å². The van der Waals surface area contributed by atoms with Crippen molar-refractivity contribution in [1.82, 2.24) is 10.2 Å². The number of nitrogens with one attached hydrogen (secondary N) is 1. The van der Waals surface area contributed by atoms with E-state index in [9.17, 15) is 22.4 Å². The molecule has 0 aliphatic carbocycles. The van der Waals surface area contributed by atoms with Crippen molar-refractivity contribution in [3.05, 3.63) is 95.3 Å². The number of anilines is 1. The van der Waals surface area contributed by atoms with Crippen molar-refractivity contribution in [3.8, 4) is 0 Å². The number of hydrogen-bond donors (Lipinski definition) is 1. The first-order valence-corrected chi connectivity index (χ1v) is 13.1. The lowest BCUT2D eigenvalue weighted by molar-refractivity contribution is -0.140. The second-order valence-corrected chi connectivity index (χ2v) is 10.3. The number of carbonyl (C=O) groups is 2. The molecule has 0 aromatic heterocycles. The van der Waals surface area contributed by atoms with E-state index < -0.39 is 40.2 Å². The van der Waals surface area contributed by atoms with Crippen LogP contribution in [0, 0.1) is 5.82 Å². The highest BCUT2D eigenvalue weighted by Crippen LogP contribution is 2.27. The minimum Gasteiger partial charge on any atom is -0.357 e. The quantitative estimate of drug-likeness (QED) is 0.424. The van der Waals surface area contributed by atoms with E-state index in [0.717, 1.165) is 4.31 Å². The fourth-order valence-electron chi connectivity index (χ4n) is 3.75. The maximum Gasteiger partial charge on any atom is 0.264 e. The number of likely N-dealkylation sites (N-methyl/N-ethyl adjacent to an activating group) is 1. The van der Waals surface area contributed by atoms with E-state index in [4.69, 9.17) is 11.6 Å². The topological polar surface area (TPSA) is 86.8 Å². The molecule has 3 rings (SSSR count). The van der Waals surface area contributed by atoms with Gasteiger partial charge >= 0.3 is 0 Å². The number of carbonyl (C=O) groups excluding carboxylic acids is 2. The van der Waals surface area contributed by atoms with Gasteiger partial charge in [0.25, 0.3) is 10.0 Å². The van der Waals surface area contributed by atoms with Crippen molar-refractivity contribution >= 4 is 39.1 Å². The summed E-state index contributed by atoms with van der Waals surface area (Å²) in [7, 11) is -2.70. The summed E-state index contributed by atoms with van der Waals surface area (Å²) in [6.07, 6.45) is 0.287. The summed E-state index contributed by atoms with van der Waals surface area (Å²) in [5.74, 6) is -1.43. The van der Waals surface area contributed by atoms with Crippen molar-refractivity contribution < 1.29 is 22.4 Å². The van der Waals surface area contributed by atoms with Gasteiger partial charge in [-0.3, -0.25) is 13.9 Å². The molecular weight excluding hydrogens is 505 g/mol. The highest BCUT2D eigenvalue weighted by Gasteiger charge is 2.33. The Hall–Kier alpha value is -3.43. The Labute approximate surface area is 215 Å². The van der Waals surface area contributed by atoms with E-state index in [2.05, 4.69) is 5.32 Å². The lowest BCUT2D eigenvalue weighted by atomic mass is 10.1. The summed E-state index contributed by atoms with van der Waals surface area (Å²) < 4.78 is 41.7. The molecule has 3 aromatic rings. The van der Waals surface area contributed by atoms with Gasteiger partial charge in [-0.25, -0.2) is 12.8 Å². The van der Waals surface area contributed by atoms with E-state index in [-0.39, 0.29) is 23.5 Å². The molecule has 1 atom stereocenters. The van der Waals surface area contributed by atoms with Gasteiger partial charge in [-0.1, -0.05) is 54.9 Å². The summed E-state index contributed by atoms with van der Waals surface area (Å²) in [6, 6.07) is 18.6. The maximum absolute atomic E-state index is 13.7. The number of nitrogens with zero attached hydrogens (tertiary/aromatic N) is 2. The van der Waals surface area contributed by atoms with Crippen LogP contribution in [0.5, 0.6) is 0 Å². The fourth-order valence-corrected chi connectivity index (χ4v) is 5.36. The molecule has 0 aliphatic rings. The predicted molar refractivity (Wildman–Crippen MR) is 138 cm³/mol. The molecule has 0 bridgehead atoms. The van der Waals surface area contributed by atoms with Gasteiger partial charge in [0.05, 0.1) is 10.6 Å². The van der Waals surface area contributed by atoms with Crippen LogP contribution < -0.4 is 9.62 Å². The van der Waals surface area contributed by atoms with Gasteiger partial charge in [0.1, 0.15) is 18.4 Å². The van der Waals surface area contributed by atoms with E-state index in [1.54, 1.807) is 43.3 Å². The third-order valence-electron chi connectivity index (χ3n) is 5.60.